The predicted octanol–water partition coefficient (Wildman–Crippen LogP) is 2.68. The summed E-state index contributed by atoms with van der Waals surface area (Å²) in [6, 6.07) is 11.6. The molecule has 1 aromatic carbocycles. The second-order valence-corrected chi connectivity index (χ2v) is 7.12. The third-order valence-electron chi connectivity index (χ3n) is 5.05. The molecule has 1 atom stereocenters. The zero-order chi connectivity index (χ0) is 20.1. The predicted molar refractivity (Wildman–Crippen MR) is 111 cm³/mol. The fraction of sp³-hybridized carbons (Fsp3) is 0.476. The van der Waals surface area contributed by atoms with Gasteiger partial charge in [-0.1, -0.05) is 0 Å². The number of hydrogen-bond acceptors (Lipinski definition) is 6. The summed E-state index contributed by atoms with van der Waals surface area (Å²) in [6.45, 7) is 7.41. The summed E-state index contributed by atoms with van der Waals surface area (Å²) in [5.41, 5.74) is 1.86. The van der Waals surface area contributed by atoms with E-state index in [4.69, 9.17) is 4.74 Å². The number of nitrogens with zero attached hydrogens (tertiary/aromatic N) is 5. The van der Waals surface area contributed by atoms with Crippen LogP contribution in [0.5, 0.6) is 5.88 Å². The first kappa shape index (κ1) is 19.9. The van der Waals surface area contributed by atoms with Crippen molar-refractivity contribution in [3.05, 3.63) is 42.0 Å². The minimum Gasteiger partial charge on any atom is -0.471 e. The van der Waals surface area contributed by atoms with Crippen molar-refractivity contribution in [2.24, 2.45) is 0 Å². The van der Waals surface area contributed by atoms with Crippen LogP contribution in [-0.2, 0) is 0 Å². The number of benzene rings is 1. The molecule has 0 spiro atoms. The molecule has 1 amide bonds. The maximum atomic E-state index is 12.8. The first-order valence-electron chi connectivity index (χ1n) is 9.83. The summed E-state index contributed by atoms with van der Waals surface area (Å²) in [7, 11) is 3.83. The van der Waals surface area contributed by atoms with Crippen molar-refractivity contribution in [1.82, 2.24) is 15.1 Å². The van der Waals surface area contributed by atoms with Crippen LogP contribution in [-0.4, -0.2) is 67.4 Å². The Hall–Kier alpha value is -2.83. The van der Waals surface area contributed by atoms with Crippen molar-refractivity contribution < 1.29 is 9.53 Å². The van der Waals surface area contributed by atoms with Crippen molar-refractivity contribution in [3.8, 4) is 5.88 Å². The van der Waals surface area contributed by atoms with Crippen LogP contribution >= 0.6 is 0 Å². The quantitative estimate of drug-likeness (QED) is 0.733. The molecule has 1 aromatic heterocycles. The number of hydrogen-bond donors (Lipinski definition) is 0. The third-order valence-corrected chi connectivity index (χ3v) is 5.05. The lowest BCUT2D eigenvalue weighted by atomic mass is 10.1. The van der Waals surface area contributed by atoms with Gasteiger partial charge >= 0.3 is 0 Å². The molecule has 2 heterocycles. The highest BCUT2D eigenvalue weighted by atomic mass is 16.5. The lowest BCUT2D eigenvalue weighted by Crippen LogP contribution is -2.31. The van der Waals surface area contributed by atoms with Gasteiger partial charge in [-0.05, 0) is 44.2 Å². The molecule has 1 saturated heterocycles. The van der Waals surface area contributed by atoms with E-state index in [1.807, 2.05) is 60.3 Å². The van der Waals surface area contributed by atoms with Crippen LogP contribution < -0.4 is 14.5 Å². The standard InChI is InChI=1S/C21H29N5O2/c1-5-25(6-2)17-9-7-16(8-10-17)21(27)26-14-13-18(15-26)28-20-12-11-19(22-23-20)24(3)4/h7-12,18H,5-6,13-15H2,1-4H3. The largest absolute Gasteiger partial charge is 0.471 e. The molecule has 0 bridgehead atoms. The van der Waals surface area contributed by atoms with Crippen molar-refractivity contribution in [2.75, 3.05) is 50.1 Å². The van der Waals surface area contributed by atoms with Gasteiger partial charge in [0.25, 0.3) is 5.91 Å². The number of anilines is 2. The van der Waals surface area contributed by atoms with Crippen LogP contribution in [0.2, 0.25) is 0 Å². The van der Waals surface area contributed by atoms with Gasteiger partial charge in [0.2, 0.25) is 5.88 Å². The zero-order valence-electron chi connectivity index (χ0n) is 17.1. The molecule has 0 saturated carbocycles. The number of amides is 1. The van der Waals surface area contributed by atoms with Crippen LogP contribution in [0.15, 0.2) is 36.4 Å². The fourth-order valence-electron chi connectivity index (χ4n) is 3.38. The van der Waals surface area contributed by atoms with Crippen molar-refractivity contribution >= 4 is 17.4 Å². The van der Waals surface area contributed by atoms with E-state index in [1.165, 1.54) is 0 Å². The summed E-state index contributed by atoms with van der Waals surface area (Å²) in [4.78, 5) is 18.8. The summed E-state index contributed by atoms with van der Waals surface area (Å²) >= 11 is 0. The molecule has 28 heavy (non-hydrogen) atoms. The number of aromatic nitrogens is 2. The van der Waals surface area contributed by atoms with E-state index in [9.17, 15) is 4.79 Å². The van der Waals surface area contributed by atoms with Crippen molar-refractivity contribution in [3.63, 3.8) is 0 Å². The molecule has 150 valence electrons. The Balaban J connectivity index is 1.57. The molecule has 0 aliphatic carbocycles. The van der Waals surface area contributed by atoms with Crippen LogP contribution in [0, 0.1) is 0 Å². The minimum absolute atomic E-state index is 0.0474. The second-order valence-electron chi connectivity index (χ2n) is 7.12. The highest BCUT2D eigenvalue weighted by Crippen LogP contribution is 2.21. The van der Waals surface area contributed by atoms with Crippen LogP contribution in [0.1, 0.15) is 30.6 Å². The Morgan fingerprint density at radius 1 is 1.11 bits per heavy atom. The van der Waals surface area contributed by atoms with Gasteiger partial charge in [-0.3, -0.25) is 4.79 Å². The smallest absolute Gasteiger partial charge is 0.253 e. The first-order valence-corrected chi connectivity index (χ1v) is 9.83. The Labute approximate surface area is 166 Å². The van der Waals surface area contributed by atoms with E-state index in [0.717, 1.165) is 31.0 Å². The molecule has 1 fully saturated rings. The summed E-state index contributed by atoms with van der Waals surface area (Å²) < 4.78 is 5.91. The van der Waals surface area contributed by atoms with Crippen LogP contribution in [0.3, 0.4) is 0 Å². The van der Waals surface area contributed by atoms with Gasteiger partial charge in [0.05, 0.1) is 6.54 Å². The molecule has 0 radical (unpaired) electrons. The number of likely N-dealkylation sites (tertiary alicyclic amines) is 1. The molecule has 7 heteroatoms. The van der Waals surface area contributed by atoms with Gasteiger partial charge in [-0.25, -0.2) is 0 Å². The van der Waals surface area contributed by atoms with Gasteiger partial charge in [0.15, 0.2) is 5.82 Å². The van der Waals surface area contributed by atoms with Crippen LogP contribution in [0.25, 0.3) is 0 Å². The van der Waals surface area contributed by atoms with E-state index >= 15 is 0 Å². The summed E-state index contributed by atoms with van der Waals surface area (Å²) in [6.07, 6.45) is 0.735. The highest BCUT2D eigenvalue weighted by Gasteiger charge is 2.28. The Morgan fingerprint density at radius 3 is 2.39 bits per heavy atom. The molecule has 7 nitrogen and oxygen atoms in total. The molecule has 0 N–H and O–H groups in total. The van der Waals surface area contributed by atoms with E-state index < -0.39 is 0 Å². The Morgan fingerprint density at radius 2 is 1.82 bits per heavy atom. The van der Waals surface area contributed by atoms with E-state index in [2.05, 4.69) is 28.9 Å². The SMILES string of the molecule is CCN(CC)c1ccc(C(=O)N2CCC(Oc3ccc(N(C)C)nn3)C2)cc1. The molecular formula is C21H29N5O2. The third kappa shape index (κ3) is 4.52. The zero-order valence-corrected chi connectivity index (χ0v) is 17.1. The number of ether oxygens (including phenoxy) is 1. The Kier molecular flexibility index (Phi) is 6.34. The molecule has 1 unspecified atom stereocenters. The molecular weight excluding hydrogens is 354 g/mol. The molecule has 1 aliphatic rings. The maximum absolute atomic E-state index is 12.8. The normalized spacial score (nSPS) is 16.1. The van der Waals surface area contributed by atoms with Gasteiger partial charge in [-0.15, -0.1) is 10.2 Å². The van der Waals surface area contributed by atoms with Crippen molar-refractivity contribution in [1.29, 1.82) is 0 Å². The van der Waals surface area contributed by atoms with Gasteiger partial charge in [-0.2, -0.15) is 0 Å². The molecule has 3 rings (SSSR count). The summed E-state index contributed by atoms with van der Waals surface area (Å²) in [5.74, 6) is 1.32. The fourth-order valence-corrected chi connectivity index (χ4v) is 3.38. The van der Waals surface area contributed by atoms with Gasteiger partial charge < -0.3 is 19.4 Å². The average Bonchev–Trinajstić information content (AvgIpc) is 3.18. The van der Waals surface area contributed by atoms with Crippen molar-refractivity contribution in [2.45, 2.75) is 26.4 Å². The van der Waals surface area contributed by atoms with E-state index in [0.29, 0.717) is 24.5 Å². The molecule has 1 aliphatic heterocycles. The topological polar surface area (TPSA) is 61.8 Å². The monoisotopic (exact) mass is 383 g/mol. The minimum atomic E-state index is -0.0570. The summed E-state index contributed by atoms with van der Waals surface area (Å²) in [5, 5.41) is 8.24. The lowest BCUT2D eigenvalue weighted by molar-refractivity contribution is 0.0771. The number of carbonyl (C=O) groups excluding carboxylic acids is 1. The first-order chi connectivity index (χ1) is 13.5. The Bertz CT molecular complexity index is 772. The molecule has 2 aromatic rings. The van der Waals surface area contributed by atoms with Gasteiger partial charge in [0, 0.05) is 57.5 Å². The van der Waals surface area contributed by atoms with E-state index in [1.54, 1.807) is 0 Å². The highest BCUT2D eigenvalue weighted by molar-refractivity contribution is 5.94. The van der Waals surface area contributed by atoms with E-state index in [-0.39, 0.29) is 12.0 Å². The lowest BCUT2D eigenvalue weighted by Gasteiger charge is -2.22. The number of carbonyl (C=O) groups is 1. The maximum Gasteiger partial charge on any atom is 0.253 e. The average molecular weight is 383 g/mol. The number of rotatable bonds is 7. The second kappa shape index (κ2) is 8.91. The van der Waals surface area contributed by atoms with Gasteiger partial charge in [0.1, 0.15) is 6.10 Å². The van der Waals surface area contributed by atoms with Crippen LogP contribution in [0.4, 0.5) is 11.5 Å².